The summed E-state index contributed by atoms with van der Waals surface area (Å²) in [5.74, 6) is 6.48. The largest absolute Gasteiger partial charge is 0.490 e. The highest BCUT2D eigenvalue weighted by atomic mass is 32.1. The summed E-state index contributed by atoms with van der Waals surface area (Å²) in [6.07, 6.45) is 8.10. The number of halogens is 2. The van der Waals surface area contributed by atoms with Crippen LogP contribution in [0.25, 0.3) is 49.1 Å². The predicted molar refractivity (Wildman–Crippen MR) is 290 cm³/mol. The van der Waals surface area contributed by atoms with Gasteiger partial charge in [0.05, 0.1) is 58.1 Å². The Bertz CT molecular complexity index is 3530. The zero-order valence-electron chi connectivity index (χ0n) is 43.3. The van der Waals surface area contributed by atoms with Gasteiger partial charge in [0.25, 0.3) is 0 Å². The molecule has 21 heteroatoms. The molecule has 5 aliphatic heterocycles. The number of aromatic nitrogens is 5. The van der Waals surface area contributed by atoms with Gasteiger partial charge in [0, 0.05) is 84.0 Å². The molecule has 1 aliphatic carbocycles. The van der Waals surface area contributed by atoms with Gasteiger partial charge in [0.1, 0.15) is 60.6 Å². The van der Waals surface area contributed by atoms with Crippen molar-refractivity contribution in [3.05, 3.63) is 112 Å². The van der Waals surface area contributed by atoms with Gasteiger partial charge >= 0.3 is 6.01 Å². The number of H-pyrrole nitrogens is 1. The molecule has 78 heavy (non-hydrogen) atoms. The molecular formula is C57H60F2N12O6S. The Labute approximate surface area is 452 Å². The maximum Gasteiger partial charge on any atom is 0.319 e. The quantitative estimate of drug-likeness (QED) is 0.0504. The number of thiazole rings is 1. The van der Waals surface area contributed by atoms with Crippen molar-refractivity contribution in [3.63, 3.8) is 0 Å². The minimum absolute atomic E-state index is 0.0153. The van der Waals surface area contributed by atoms with Gasteiger partial charge in [0.15, 0.2) is 5.75 Å². The Kier molecular flexibility index (Phi) is 13.1. The van der Waals surface area contributed by atoms with Crippen molar-refractivity contribution < 1.29 is 37.3 Å². The van der Waals surface area contributed by atoms with E-state index in [0.29, 0.717) is 120 Å². The third-order valence-corrected chi connectivity index (χ3v) is 17.3. The number of ether oxygens (including phenoxy) is 4. The molecule has 4 saturated heterocycles. The lowest BCUT2D eigenvalue weighted by Crippen LogP contribution is -2.53. The van der Waals surface area contributed by atoms with Crippen LogP contribution in [0, 0.1) is 25.5 Å². The van der Waals surface area contributed by atoms with Gasteiger partial charge in [-0.15, -0.1) is 11.3 Å². The number of hydrogen-bond acceptors (Lipinski definition) is 16. The number of aryl methyl sites for hydroxylation is 1. The maximum absolute atomic E-state index is 16.6. The molecule has 7 aromatic rings. The molecule has 2 amide bonds. The van der Waals surface area contributed by atoms with Crippen molar-refractivity contribution in [1.29, 1.82) is 0 Å². The number of hydrogen-bond donors (Lipinski definition) is 5. The Balaban J connectivity index is 0.781. The highest BCUT2D eigenvalue weighted by molar-refractivity contribution is 7.13. The third kappa shape index (κ3) is 9.18. The number of nitrogens with one attached hydrogen (secondary N) is 3. The van der Waals surface area contributed by atoms with Gasteiger partial charge in [-0.05, 0) is 80.7 Å². The van der Waals surface area contributed by atoms with Crippen LogP contribution in [0.5, 0.6) is 17.5 Å². The van der Waals surface area contributed by atoms with Gasteiger partial charge in [-0.25, -0.2) is 19.6 Å². The van der Waals surface area contributed by atoms with Crippen LogP contribution in [0.1, 0.15) is 84.4 Å². The molecule has 0 radical (unpaired) electrons. The number of nitrogens with zero attached hydrogens (tertiary/aromatic N) is 7. The number of likely N-dealkylation sites (tertiary alicyclic amines) is 1. The molecule has 404 valence electrons. The molecule has 2 bridgehead atoms. The standard InChI is InChI=1S/C57H60F2N12O6S/c1-29-39(58)20-42-38(23-65-68-42)47(29)49-48(32-9-10-32)52-50-51(66-57(77-37-13-16-74-17-14-37)67-55(50)71-36-19-43(62-22-36)45(71)27-76-52)53(49)75-26-35-12-11-34(18-40(35)59)41(60)24-69(61)25-46(72)70-15-3-4-44(70)56(73)63-21-31-5-7-33(8-6-31)54-30(2)64-28-78-54/h5-8,11-12,18,20,23-24,28,32,36-37,43-45,62H,3-4,9-10,13-17,19,21-22,25-27,60-61H2,1-2H3,(H,63,73)(H,65,68)/b41-24-. The number of piperazine rings is 1. The second kappa shape index (κ2) is 20.4. The fourth-order valence-electron chi connectivity index (χ4n) is 12.2. The van der Waals surface area contributed by atoms with Crippen LogP contribution in [0.2, 0.25) is 0 Å². The molecule has 1 saturated carbocycles. The van der Waals surface area contributed by atoms with Crippen LogP contribution in [0.3, 0.4) is 0 Å². The smallest absolute Gasteiger partial charge is 0.319 e. The summed E-state index contributed by atoms with van der Waals surface area (Å²) in [4.78, 5) is 46.9. The topological polar surface area (TPSA) is 224 Å². The highest BCUT2D eigenvalue weighted by Crippen LogP contribution is 2.59. The van der Waals surface area contributed by atoms with Crippen LogP contribution in [-0.4, -0.2) is 117 Å². The fraction of sp³-hybridized carbons (Fsp3) is 0.404. The van der Waals surface area contributed by atoms with Crippen LogP contribution in [-0.2, 0) is 27.5 Å². The van der Waals surface area contributed by atoms with E-state index >= 15 is 8.78 Å². The highest BCUT2D eigenvalue weighted by Gasteiger charge is 2.50. The lowest BCUT2D eigenvalue weighted by molar-refractivity contribution is -0.139. The number of rotatable bonds is 15. The maximum atomic E-state index is 16.6. The summed E-state index contributed by atoms with van der Waals surface area (Å²) >= 11 is 1.58. The number of carbonyl (C=O) groups excluding carboxylic acids is 2. The predicted octanol–water partition coefficient (Wildman–Crippen LogP) is 7.26. The fourth-order valence-corrected chi connectivity index (χ4v) is 13.0. The Hall–Kier alpha value is -7.46. The lowest BCUT2D eigenvalue weighted by Gasteiger charge is -2.35. The van der Waals surface area contributed by atoms with Gasteiger partial charge in [-0.3, -0.25) is 14.7 Å². The molecule has 8 heterocycles. The minimum Gasteiger partial charge on any atom is -0.490 e. The summed E-state index contributed by atoms with van der Waals surface area (Å²) < 4.78 is 59.2. The van der Waals surface area contributed by atoms with Crippen molar-refractivity contribution >= 4 is 56.5 Å². The van der Waals surface area contributed by atoms with E-state index in [0.717, 1.165) is 58.1 Å². The summed E-state index contributed by atoms with van der Waals surface area (Å²) in [5, 5.41) is 16.5. The Morgan fingerprint density at radius 1 is 1.03 bits per heavy atom. The van der Waals surface area contributed by atoms with E-state index < -0.39 is 17.7 Å². The number of fused-ring (bicyclic) bond motifs is 7. The zero-order chi connectivity index (χ0) is 53.3. The number of carbonyl (C=O) groups is 2. The average molecular weight is 1080 g/mol. The van der Waals surface area contributed by atoms with E-state index in [1.807, 2.05) is 36.7 Å². The van der Waals surface area contributed by atoms with Crippen LogP contribution >= 0.6 is 11.3 Å². The summed E-state index contributed by atoms with van der Waals surface area (Å²) in [6, 6.07) is 13.9. The summed E-state index contributed by atoms with van der Waals surface area (Å²) in [6.45, 7) is 6.23. The first-order valence-electron chi connectivity index (χ1n) is 26.9. The van der Waals surface area contributed by atoms with Gasteiger partial charge in [-0.2, -0.15) is 15.1 Å². The molecule has 18 nitrogen and oxygen atoms in total. The van der Waals surface area contributed by atoms with E-state index in [1.165, 1.54) is 18.3 Å². The number of hydrazine groups is 1. The first-order chi connectivity index (χ1) is 37.9. The first-order valence-corrected chi connectivity index (χ1v) is 27.7. The first kappa shape index (κ1) is 50.1. The minimum atomic E-state index is -0.645. The normalized spacial score (nSPS) is 21.0. The zero-order valence-corrected chi connectivity index (χ0v) is 44.1. The second-order valence-electron chi connectivity index (χ2n) is 21.4. The monoisotopic (exact) mass is 1080 g/mol. The average Bonchev–Trinajstić information content (AvgIpc) is 3.94. The van der Waals surface area contributed by atoms with E-state index in [-0.39, 0.29) is 72.4 Å². The molecule has 0 spiro atoms. The molecule has 13 rings (SSSR count). The molecule has 4 aromatic carbocycles. The van der Waals surface area contributed by atoms with Crippen molar-refractivity contribution in [2.45, 2.75) is 108 Å². The number of aromatic amines is 1. The van der Waals surface area contributed by atoms with Gasteiger partial charge < -0.3 is 50.1 Å². The van der Waals surface area contributed by atoms with Crippen molar-refractivity contribution in [2.24, 2.45) is 11.6 Å². The molecule has 7 N–H and O–H groups in total. The second-order valence-corrected chi connectivity index (χ2v) is 22.2. The van der Waals surface area contributed by atoms with Crippen LogP contribution in [0.4, 0.5) is 14.6 Å². The SMILES string of the molecule is Cc1ncsc1-c1ccc(CNC(=O)C2CCCN2C(=O)CN(N)/C=C(\N)c2ccc(COc3c(-c4c(C)c(F)cc5[nH]ncc45)c(C4CC4)c4c5c(nc(OC6CCOCC6)nc35)N3C5CNC(C5)C3CO4)c(F)c2)cc1. The van der Waals surface area contributed by atoms with Crippen molar-refractivity contribution in [2.75, 3.05) is 44.4 Å². The van der Waals surface area contributed by atoms with E-state index in [4.69, 9.17) is 40.5 Å². The van der Waals surface area contributed by atoms with Crippen molar-refractivity contribution in [1.82, 2.24) is 45.7 Å². The molecule has 3 aromatic heterocycles. The summed E-state index contributed by atoms with van der Waals surface area (Å²) in [7, 11) is 0. The molecule has 6 aliphatic rings. The number of benzene rings is 4. The molecule has 4 unspecified atom stereocenters. The molecule has 5 fully saturated rings. The Morgan fingerprint density at radius 2 is 1.86 bits per heavy atom. The van der Waals surface area contributed by atoms with E-state index in [1.54, 1.807) is 41.5 Å². The molecule has 4 atom stereocenters. The molecular weight excluding hydrogens is 1020 g/mol. The van der Waals surface area contributed by atoms with Crippen LogP contribution < -0.4 is 41.3 Å². The van der Waals surface area contributed by atoms with Gasteiger partial charge in [-0.1, -0.05) is 36.4 Å². The van der Waals surface area contributed by atoms with E-state index in [2.05, 4.69) is 30.7 Å². The summed E-state index contributed by atoms with van der Waals surface area (Å²) in [5.41, 5.74) is 15.4. The van der Waals surface area contributed by atoms with Crippen LogP contribution in [0.15, 0.2) is 66.4 Å². The third-order valence-electron chi connectivity index (χ3n) is 16.4. The lowest BCUT2D eigenvalue weighted by atomic mass is 9.88. The van der Waals surface area contributed by atoms with Crippen molar-refractivity contribution in [3.8, 4) is 39.1 Å². The van der Waals surface area contributed by atoms with Gasteiger partial charge in [0.2, 0.25) is 11.8 Å². The van der Waals surface area contributed by atoms with E-state index in [9.17, 15) is 9.59 Å². The number of amides is 2. The number of nitrogens with two attached hydrogens (primary N) is 2. The Morgan fingerprint density at radius 3 is 2.64 bits per heavy atom. The number of anilines is 1.